The lowest BCUT2D eigenvalue weighted by Gasteiger charge is -2.15. The third-order valence-corrected chi connectivity index (χ3v) is 7.11. The van der Waals surface area contributed by atoms with Crippen LogP contribution in [0.1, 0.15) is 23.6 Å². The second-order valence-electron chi connectivity index (χ2n) is 9.18. The van der Waals surface area contributed by atoms with Crippen LogP contribution in [-0.2, 0) is 12.8 Å². The summed E-state index contributed by atoms with van der Waals surface area (Å²) in [5.74, 6) is 0.506. The summed E-state index contributed by atoms with van der Waals surface area (Å²) in [4.78, 5) is 18.0. The molecule has 0 N–H and O–H groups in total. The van der Waals surface area contributed by atoms with Crippen molar-refractivity contribution >= 4 is 51.9 Å². The smallest absolute Gasteiger partial charge is 0.416 e. The van der Waals surface area contributed by atoms with E-state index in [0.717, 1.165) is 16.8 Å². The van der Waals surface area contributed by atoms with Gasteiger partial charge in [-0.1, -0.05) is 65.1 Å². The van der Waals surface area contributed by atoms with Gasteiger partial charge in [-0.3, -0.25) is 4.79 Å². The van der Waals surface area contributed by atoms with Crippen LogP contribution >= 0.6 is 34.8 Å². The van der Waals surface area contributed by atoms with Crippen LogP contribution in [0.4, 0.5) is 13.2 Å². The summed E-state index contributed by atoms with van der Waals surface area (Å²) in [6.45, 7) is 2.17. The minimum Gasteiger partial charge on any atom is -0.490 e. The van der Waals surface area contributed by atoms with Gasteiger partial charge in [0, 0.05) is 21.2 Å². The number of hydrogen-bond donors (Lipinski definition) is 0. The Hall–Kier alpha value is -4.05. The van der Waals surface area contributed by atoms with Crippen molar-refractivity contribution in [3.63, 3.8) is 0 Å². The fraction of sp³-hybridized carbons (Fsp3) is 0.129. The molecule has 0 saturated heterocycles. The van der Waals surface area contributed by atoms with E-state index in [2.05, 4.69) is 10.1 Å². The maximum Gasteiger partial charge on any atom is 0.416 e. The largest absolute Gasteiger partial charge is 0.490 e. The van der Waals surface area contributed by atoms with Crippen molar-refractivity contribution in [1.82, 2.24) is 9.66 Å². The maximum atomic E-state index is 13.5. The van der Waals surface area contributed by atoms with Gasteiger partial charge in [0.25, 0.3) is 5.56 Å². The topological polar surface area (TPSA) is 65.7 Å². The van der Waals surface area contributed by atoms with Crippen molar-refractivity contribution in [2.24, 2.45) is 5.10 Å². The fourth-order valence-electron chi connectivity index (χ4n) is 4.23. The highest BCUT2D eigenvalue weighted by molar-refractivity contribution is 6.35. The Balaban J connectivity index is 1.55. The maximum absolute atomic E-state index is 13.5. The van der Waals surface area contributed by atoms with Crippen molar-refractivity contribution in [3.05, 3.63) is 121 Å². The molecule has 0 amide bonds. The van der Waals surface area contributed by atoms with Gasteiger partial charge < -0.3 is 9.47 Å². The zero-order chi connectivity index (χ0) is 30.7. The molecule has 12 heteroatoms. The zero-order valence-corrected chi connectivity index (χ0v) is 24.6. The van der Waals surface area contributed by atoms with Gasteiger partial charge >= 0.3 is 6.18 Å². The Labute approximate surface area is 258 Å². The molecular formula is C31H21Cl3F3N3O3. The Kier molecular flexibility index (Phi) is 8.96. The molecule has 0 unspecified atom stereocenters. The predicted molar refractivity (Wildman–Crippen MR) is 163 cm³/mol. The molecule has 0 atom stereocenters. The van der Waals surface area contributed by atoms with Crippen LogP contribution in [0.25, 0.3) is 22.3 Å². The highest BCUT2D eigenvalue weighted by Gasteiger charge is 2.31. The van der Waals surface area contributed by atoms with E-state index in [1.54, 1.807) is 61.5 Å². The predicted octanol–water partition coefficient (Wildman–Crippen LogP) is 8.90. The SMILES string of the molecule is CCOc1cc(C=Nn2c(-c3cccc(C(F)(F)F)c3)nc3ccccc3c2=O)cc(Cl)c1OCc1ccc(Cl)cc1Cl. The first-order valence-electron chi connectivity index (χ1n) is 12.8. The number of aromatic nitrogens is 2. The molecular weight excluding hydrogens is 626 g/mol. The molecule has 0 spiro atoms. The molecule has 6 nitrogen and oxygen atoms in total. The van der Waals surface area contributed by atoms with E-state index in [9.17, 15) is 18.0 Å². The quantitative estimate of drug-likeness (QED) is 0.158. The Morgan fingerprint density at radius 1 is 0.930 bits per heavy atom. The van der Waals surface area contributed by atoms with Gasteiger partial charge in [0.15, 0.2) is 17.3 Å². The van der Waals surface area contributed by atoms with E-state index < -0.39 is 17.3 Å². The van der Waals surface area contributed by atoms with Gasteiger partial charge in [0.2, 0.25) is 0 Å². The van der Waals surface area contributed by atoms with E-state index >= 15 is 0 Å². The number of hydrogen-bond acceptors (Lipinski definition) is 5. The minimum absolute atomic E-state index is 0.0625. The fourth-order valence-corrected chi connectivity index (χ4v) is 4.97. The molecule has 0 fully saturated rings. The number of nitrogens with zero attached hydrogens (tertiary/aromatic N) is 3. The second-order valence-corrected chi connectivity index (χ2v) is 10.4. The van der Waals surface area contributed by atoms with Crippen LogP contribution in [0.5, 0.6) is 11.5 Å². The summed E-state index contributed by atoms with van der Waals surface area (Å²) >= 11 is 18.8. The van der Waals surface area contributed by atoms with Crippen molar-refractivity contribution in [2.45, 2.75) is 19.7 Å². The number of alkyl halides is 3. The summed E-state index contributed by atoms with van der Waals surface area (Å²) in [5, 5.41) is 5.68. The highest BCUT2D eigenvalue weighted by atomic mass is 35.5. The third kappa shape index (κ3) is 6.80. The molecule has 0 aliphatic heterocycles. The molecule has 0 radical (unpaired) electrons. The molecule has 0 aliphatic rings. The van der Waals surface area contributed by atoms with Gasteiger partial charge in [0.05, 0.1) is 34.3 Å². The summed E-state index contributed by atoms with van der Waals surface area (Å²) in [6.07, 6.45) is -3.25. The van der Waals surface area contributed by atoms with Gasteiger partial charge in [-0.15, -0.1) is 0 Å². The molecule has 220 valence electrons. The summed E-state index contributed by atoms with van der Waals surface area (Å²) in [7, 11) is 0. The summed E-state index contributed by atoms with van der Waals surface area (Å²) in [6, 6.07) is 19.2. The summed E-state index contributed by atoms with van der Waals surface area (Å²) < 4.78 is 53.1. The van der Waals surface area contributed by atoms with Crippen LogP contribution < -0.4 is 15.0 Å². The number of halogens is 6. The first-order valence-corrected chi connectivity index (χ1v) is 14.0. The van der Waals surface area contributed by atoms with Crippen molar-refractivity contribution in [3.8, 4) is 22.9 Å². The van der Waals surface area contributed by atoms with Crippen LogP contribution in [0.15, 0.2) is 88.8 Å². The van der Waals surface area contributed by atoms with Gasteiger partial charge in [-0.2, -0.15) is 22.9 Å². The molecule has 4 aromatic carbocycles. The van der Waals surface area contributed by atoms with Crippen LogP contribution in [0.3, 0.4) is 0 Å². The lowest BCUT2D eigenvalue weighted by molar-refractivity contribution is -0.137. The zero-order valence-electron chi connectivity index (χ0n) is 22.3. The van der Waals surface area contributed by atoms with Gasteiger partial charge in [-0.25, -0.2) is 4.98 Å². The first kappa shape index (κ1) is 30.4. The lowest BCUT2D eigenvalue weighted by atomic mass is 10.1. The van der Waals surface area contributed by atoms with Crippen LogP contribution in [0.2, 0.25) is 15.1 Å². The number of ether oxygens (including phenoxy) is 2. The third-order valence-electron chi connectivity index (χ3n) is 6.24. The molecule has 5 rings (SSSR count). The van der Waals surface area contributed by atoms with E-state index in [-0.39, 0.29) is 34.2 Å². The Morgan fingerprint density at radius 3 is 2.47 bits per heavy atom. The Morgan fingerprint density at radius 2 is 1.72 bits per heavy atom. The standard InChI is InChI=1S/C31H21Cl3F3N3O3/c1-2-42-27-13-18(12-25(34)28(27)43-17-20-10-11-22(32)15-24(20)33)16-38-40-29(19-6-5-7-21(14-19)31(35,36)37)39-26-9-4-3-8-23(26)30(40)41/h3-16H,2,17H2,1H3. The minimum atomic E-state index is -4.59. The molecule has 0 bridgehead atoms. The van der Waals surface area contributed by atoms with Crippen molar-refractivity contribution in [1.29, 1.82) is 0 Å². The van der Waals surface area contributed by atoms with E-state index in [4.69, 9.17) is 44.3 Å². The normalized spacial score (nSPS) is 11.8. The number of rotatable bonds is 8. The van der Waals surface area contributed by atoms with E-state index in [0.29, 0.717) is 39.0 Å². The number of para-hydroxylation sites is 1. The average Bonchev–Trinajstić information content (AvgIpc) is 2.97. The average molecular weight is 647 g/mol. The van der Waals surface area contributed by atoms with Crippen LogP contribution in [0, 0.1) is 0 Å². The van der Waals surface area contributed by atoms with Crippen LogP contribution in [-0.4, -0.2) is 22.5 Å². The summed E-state index contributed by atoms with van der Waals surface area (Å²) in [5.41, 5.74) is 0.0421. The highest BCUT2D eigenvalue weighted by Crippen LogP contribution is 2.38. The molecule has 5 aromatic rings. The van der Waals surface area contributed by atoms with E-state index in [1.807, 2.05) is 0 Å². The van der Waals surface area contributed by atoms with Gasteiger partial charge in [-0.05, 0) is 61.0 Å². The molecule has 43 heavy (non-hydrogen) atoms. The van der Waals surface area contributed by atoms with Crippen molar-refractivity contribution < 1.29 is 22.6 Å². The molecule has 1 heterocycles. The van der Waals surface area contributed by atoms with E-state index in [1.165, 1.54) is 18.3 Å². The number of benzene rings is 4. The molecule has 0 aliphatic carbocycles. The molecule has 0 saturated carbocycles. The van der Waals surface area contributed by atoms with Crippen molar-refractivity contribution in [2.75, 3.05) is 6.61 Å². The lowest BCUT2D eigenvalue weighted by Crippen LogP contribution is -2.20. The second kappa shape index (κ2) is 12.7. The molecule has 1 aromatic heterocycles. The number of fused-ring (bicyclic) bond motifs is 1. The Bertz CT molecular complexity index is 1910. The monoisotopic (exact) mass is 645 g/mol. The first-order chi connectivity index (χ1) is 20.5. The van der Waals surface area contributed by atoms with Gasteiger partial charge in [0.1, 0.15) is 6.61 Å².